The first kappa shape index (κ1) is 19.8. The number of nitrogens with one attached hydrogen (secondary N) is 1. The molecule has 0 saturated heterocycles. The molecular weight excluding hydrogens is 398 g/mol. The molecule has 120 valence electrons. The van der Waals surface area contributed by atoms with E-state index in [4.69, 9.17) is 10.5 Å². The molecule has 0 spiro atoms. The minimum atomic E-state index is -4.42. The first-order valence-corrected chi connectivity index (χ1v) is 6.28. The van der Waals surface area contributed by atoms with Crippen molar-refractivity contribution in [2.75, 3.05) is 19.7 Å². The number of aliphatic imine (C=N–C) groups is 1. The molecule has 3 N–H and O–H groups in total. The van der Waals surface area contributed by atoms with Gasteiger partial charge in [-0.1, -0.05) is 19.1 Å². The summed E-state index contributed by atoms with van der Waals surface area (Å²) in [5, 5.41) is 2.77. The molecule has 8 heteroatoms. The zero-order valence-electron chi connectivity index (χ0n) is 11.6. The van der Waals surface area contributed by atoms with Crippen molar-refractivity contribution in [3.8, 4) is 5.75 Å². The monoisotopic (exact) mass is 417 g/mol. The fourth-order valence-electron chi connectivity index (χ4n) is 1.45. The van der Waals surface area contributed by atoms with Gasteiger partial charge in [0.2, 0.25) is 0 Å². The molecule has 4 nitrogen and oxygen atoms in total. The van der Waals surface area contributed by atoms with Gasteiger partial charge in [0, 0.05) is 6.54 Å². The highest BCUT2D eigenvalue weighted by molar-refractivity contribution is 14.0. The lowest BCUT2D eigenvalue weighted by molar-refractivity contribution is -0.138. The van der Waals surface area contributed by atoms with Gasteiger partial charge in [-0.3, -0.25) is 4.99 Å². The Morgan fingerprint density at radius 3 is 2.62 bits per heavy atom. The summed E-state index contributed by atoms with van der Waals surface area (Å²) in [5.74, 6) is 0.0745. The average molecular weight is 417 g/mol. The molecule has 0 radical (unpaired) electrons. The molecule has 21 heavy (non-hydrogen) atoms. The predicted molar refractivity (Wildman–Crippen MR) is 87.1 cm³/mol. The van der Waals surface area contributed by atoms with Gasteiger partial charge in [-0.25, -0.2) is 0 Å². The molecule has 0 aliphatic heterocycles. The second kappa shape index (κ2) is 9.69. The fraction of sp³-hybridized carbons (Fsp3) is 0.462. The topological polar surface area (TPSA) is 59.6 Å². The molecule has 0 unspecified atom stereocenters. The maximum absolute atomic E-state index is 12.7. The van der Waals surface area contributed by atoms with Crippen LogP contribution in [0.1, 0.15) is 18.9 Å². The third-order valence-corrected chi connectivity index (χ3v) is 2.36. The maximum Gasteiger partial charge on any atom is 0.419 e. The van der Waals surface area contributed by atoms with Gasteiger partial charge in [0.1, 0.15) is 12.4 Å². The highest BCUT2D eigenvalue weighted by Gasteiger charge is 2.33. The van der Waals surface area contributed by atoms with Gasteiger partial charge in [0.15, 0.2) is 5.96 Å². The average Bonchev–Trinajstić information content (AvgIpc) is 2.40. The van der Waals surface area contributed by atoms with Gasteiger partial charge in [-0.05, 0) is 18.6 Å². The second-order valence-corrected chi connectivity index (χ2v) is 4.04. The number of ether oxygens (including phenoxy) is 1. The van der Waals surface area contributed by atoms with E-state index in [0.717, 1.165) is 12.5 Å². The summed E-state index contributed by atoms with van der Waals surface area (Å²) in [5.41, 5.74) is 4.76. The molecule has 0 saturated carbocycles. The molecule has 1 rings (SSSR count). The lowest BCUT2D eigenvalue weighted by Crippen LogP contribution is -2.35. The minimum Gasteiger partial charge on any atom is -0.491 e. The van der Waals surface area contributed by atoms with Crippen molar-refractivity contribution in [1.82, 2.24) is 5.32 Å². The zero-order chi connectivity index (χ0) is 15.0. The van der Waals surface area contributed by atoms with Crippen LogP contribution >= 0.6 is 24.0 Å². The van der Waals surface area contributed by atoms with Crippen molar-refractivity contribution in [2.24, 2.45) is 10.7 Å². The number of halogens is 4. The van der Waals surface area contributed by atoms with Crippen LogP contribution in [-0.4, -0.2) is 25.7 Å². The molecule has 0 atom stereocenters. The normalized spacial score (nSPS) is 11.7. The summed E-state index contributed by atoms with van der Waals surface area (Å²) >= 11 is 0. The lowest BCUT2D eigenvalue weighted by atomic mass is 10.2. The van der Waals surface area contributed by atoms with Gasteiger partial charge < -0.3 is 15.8 Å². The van der Waals surface area contributed by atoms with Crippen LogP contribution < -0.4 is 15.8 Å². The Balaban J connectivity index is 0.00000400. The summed E-state index contributed by atoms with van der Waals surface area (Å²) in [6.45, 7) is 2.92. The van der Waals surface area contributed by atoms with Gasteiger partial charge in [-0.2, -0.15) is 13.2 Å². The molecule has 0 fully saturated rings. The van der Waals surface area contributed by atoms with Crippen molar-refractivity contribution in [3.05, 3.63) is 29.8 Å². The van der Waals surface area contributed by atoms with Crippen LogP contribution in [0.3, 0.4) is 0 Å². The van der Waals surface area contributed by atoms with Crippen LogP contribution in [0.5, 0.6) is 5.75 Å². The van der Waals surface area contributed by atoms with Crippen LogP contribution in [0.25, 0.3) is 0 Å². The Bertz CT molecular complexity index is 453. The highest BCUT2D eigenvalue weighted by Crippen LogP contribution is 2.35. The number of hydrogen-bond acceptors (Lipinski definition) is 2. The van der Waals surface area contributed by atoms with Gasteiger partial charge in [0.05, 0.1) is 12.1 Å². The standard InChI is InChI=1S/C13H18F3N3O.HI/c1-2-7-18-12(17)19-8-9-20-11-6-4-3-5-10(11)13(14,15)16;/h3-6H,2,7-9H2,1H3,(H3,17,18,19);1H. The number of nitrogens with two attached hydrogens (primary N) is 1. The number of para-hydroxylation sites is 1. The Hall–Kier alpha value is -1.19. The summed E-state index contributed by atoms with van der Waals surface area (Å²) in [6, 6.07) is 5.09. The van der Waals surface area contributed by atoms with E-state index in [1.54, 1.807) is 0 Å². The lowest BCUT2D eigenvalue weighted by Gasteiger charge is -2.14. The van der Waals surface area contributed by atoms with Gasteiger partial charge in [0.25, 0.3) is 0 Å². The Morgan fingerprint density at radius 1 is 1.33 bits per heavy atom. The Labute approximate surface area is 139 Å². The van der Waals surface area contributed by atoms with E-state index in [0.29, 0.717) is 6.54 Å². The summed E-state index contributed by atoms with van der Waals surface area (Å²) in [4.78, 5) is 3.99. The molecule has 0 amide bonds. The van der Waals surface area contributed by atoms with E-state index in [1.807, 2.05) is 6.92 Å². The van der Waals surface area contributed by atoms with E-state index < -0.39 is 11.7 Å². The van der Waals surface area contributed by atoms with Crippen LogP contribution in [-0.2, 0) is 6.18 Å². The first-order chi connectivity index (χ1) is 9.45. The number of nitrogens with zero attached hydrogens (tertiary/aromatic N) is 1. The summed E-state index contributed by atoms with van der Waals surface area (Å²) in [6.07, 6.45) is -3.55. The van der Waals surface area contributed by atoms with Gasteiger partial charge >= 0.3 is 6.18 Å². The van der Waals surface area contributed by atoms with E-state index in [-0.39, 0.29) is 48.8 Å². The Morgan fingerprint density at radius 2 is 2.00 bits per heavy atom. The van der Waals surface area contributed by atoms with Crippen LogP contribution in [0.15, 0.2) is 29.3 Å². The van der Waals surface area contributed by atoms with E-state index in [1.165, 1.54) is 18.2 Å². The first-order valence-electron chi connectivity index (χ1n) is 6.28. The molecule has 1 aromatic carbocycles. The molecule has 0 aromatic heterocycles. The van der Waals surface area contributed by atoms with Crippen LogP contribution in [0, 0.1) is 0 Å². The number of guanidine groups is 1. The van der Waals surface area contributed by atoms with E-state index in [9.17, 15) is 13.2 Å². The molecule has 0 heterocycles. The second-order valence-electron chi connectivity index (χ2n) is 4.04. The van der Waals surface area contributed by atoms with Crippen molar-refractivity contribution >= 4 is 29.9 Å². The third kappa shape index (κ3) is 7.39. The van der Waals surface area contributed by atoms with Crippen molar-refractivity contribution in [3.63, 3.8) is 0 Å². The maximum atomic E-state index is 12.7. The SMILES string of the molecule is CCCN=C(N)NCCOc1ccccc1C(F)(F)F.I. The van der Waals surface area contributed by atoms with Crippen molar-refractivity contribution < 1.29 is 17.9 Å². The van der Waals surface area contributed by atoms with E-state index >= 15 is 0 Å². The molecule has 0 aliphatic rings. The number of alkyl halides is 3. The van der Waals surface area contributed by atoms with E-state index in [2.05, 4.69) is 10.3 Å². The smallest absolute Gasteiger partial charge is 0.419 e. The zero-order valence-corrected chi connectivity index (χ0v) is 13.9. The minimum absolute atomic E-state index is 0. The van der Waals surface area contributed by atoms with Crippen LogP contribution in [0.4, 0.5) is 13.2 Å². The molecule has 0 bridgehead atoms. The molecular formula is C13H19F3IN3O. The Kier molecular flexibility index (Phi) is 9.14. The van der Waals surface area contributed by atoms with Crippen molar-refractivity contribution in [2.45, 2.75) is 19.5 Å². The highest BCUT2D eigenvalue weighted by atomic mass is 127. The number of hydrogen-bond donors (Lipinski definition) is 2. The van der Waals surface area contributed by atoms with Crippen molar-refractivity contribution in [1.29, 1.82) is 0 Å². The fourth-order valence-corrected chi connectivity index (χ4v) is 1.45. The summed E-state index contributed by atoms with van der Waals surface area (Å²) < 4.78 is 43.2. The van der Waals surface area contributed by atoms with Crippen LogP contribution in [0.2, 0.25) is 0 Å². The summed E-state index contributed by atoms with van der Waals surface area (Å²) in [7, 11) is 0. The number of benzene rings is 1. The predicted octanol–water partition coefficient (Wildman–Crippen LogP) is 3.02. The molecule has 0 aliphatic carbocycles. The molecule has 1 aromatic rings. The quantitative estimate of drug-likeness (QED) is 0.324. The third-order valence-electron chi connectivity index (χ3n) is 2.36. The van der Waals surface area contributed by atoms with Gasteiger partial charge in [-0.15, -0.1) is 24.0 Å². The number of rotatable bonds is 6. The largest absolute Gasteiger partial charge is 0.491 e.